The van der Waals surface area contributed by atoms with E-state index in [1.54, 1.807) is 11.3 Å². The van der Waals surface area contributed by atoms with Crippen molar-refractivity contribution in [3.63, 3.8) is 0 Å². The van der Waals surface area contributed by atoms with E-state index in [4.69, 9.17) is 4.52 Å². The minimum atomic E-state index is 0.379. The van der Waals surface area contributed by atoms with Gasteiger partial charge in [0.05, 0.1) is 14.6 Å². The first kappa shape index (κ1) is 10.4. The highest BCUT2D eigenvalue weighted by Gasteiger charge is 2.23. The molecule has 1 saturated heterocycles. The number of nitrogens with zero attached hydrogens (tertiary/aromatic N) is 2. The first-order chi connectivity index (χ1) is 7.83. The molecule has 1 aliphatic rings. The molecule has 4 nitrogen and oxygen atoms in total. The van der Waals surface area contributed by atoms with Crippen molar-refractivity contribution in [3.05, 3.63) is 21.8 Å². The topological polar surface area (TPSA) is 51.0 Å². The van der Waals surface area contributed by atoms with Crippen molar-refractivity contribution in [2.45, 2.75) is 12.3 Å². The van der Waals surface area contributed by atoms with Gasteiger partial charge in [-0.1, -0.05) is 5.16 Å². The maximum absolute atomic E-state index is 5.30. The van der Waals surface area contributed by atoms with Crippen LogP contribution in [0.15, 0.2) is 20.4 Å². The van der Waals surface area contributed by atoms with Crippen LogP contribution in [0.4, 0.5) is 0 Å². The molecule has 6 heteroatoms. The summed E-state index contributed by atoms with van der Waals surface area (Å²) in [4.78, 5) is 5.48. The molecule has 1 N–H and O–H groups in total. The normalized spacial score (nSPS) is 20.4. The van der Waals surface area contributed by atoms with Gasteiger partial charge in [-0.15, -0.1) is 11.3 Å². The Hall–Kier alpha value is -0.720. The second-order valence-corrected chi connectivity index (χ2v) is 6.21. The van der Waals surface area contributed by atoms with E-state index in [9.17, 15) is 0 Å². The van der Waals surface area contributed by atoms with Crippen molar-refractivity contribution in [2.75, 3.05) is 13.1 Å². The fourth-order valence-electron chi connectivity index (χ4n) is 1.80. The predicted molar refractivity (Wildman–Crippen MR) is 65.5 cm³/mol. The van der Waals surface area contributed by atoms with Crippen molar-refractivity contribution in [1.82, 2.24) is 15.5 Å². The largest absolute Gasteiger partial charge is 0.339 e. The van der Waals surface area contributed by atoms with Gasteiger partial charge in [0.2, 0.25) is 11.7 Å². The highest BCUT2D eigenvalue weighted by atomic mass is 79.9. The van der Waals surface area contributed by atoms with Crippen LogP contribution >= 0.6 is 27.3 Å². The van der Waals surface area contributed by atoms with Crippen molar-refractivity contribution in [2.24, 2.45) is 0 Å². The number of thiophene rings is 1. The first-order valence-electron chi connectivity index (χ1n) is 5.13. The highest BCUT2D eigenvalue weighted by molar-refractivity contribution is 9.11. The van der Waals surface area contributed by atoms with Gasteiger partial charge in [0.25, 0.3) is 0 Å². The number of halogens is 1. The zero-order chi connectivity index (χ0) is 11.0. The van der Waals surface area contributed by atoms with E-state index in [2.05, 4.69) is 31.4 Å². The average Bonchev–Trinajstić information content (AvgIpc) is 2.97. The number of hydrogen-bond acceptors (Lipinski definition) is 5. The summed E-state index contributed by atoms with van der Waals surface area (Å²) in [6.07, 6.45) is 1.08. The van der Waals surface area contributed by atoms with E-state index in [0.29, 0.717) is 11.7 Å². The molecular weight excluding hydrogens is 290 g/mol. The molecule has 84 valence electrons. The lowest BCUT2D eigenvalue weighted by atomic mass is 10.1. The Bertz CT molecular complexity index is 490. The third-order valence-corrected chi connectivity index (χ3v) is 4.26. The smallest absolute Gasteiger partial charge is 0.231 e. The molecule has 1 unspecified atom stereocenters. The quantitative estimate of drug-likeness (QED) is 0.926. The standard InChI is InChI=1S/C10H10BrN3OS/c11-8-2-1-7(16-8)9-13-10(15-14-9)6-3-4-12-5-6/h1-2,6,12H,3-5H2. The maximum Gasteiger partial charge on any atom is 0.231 e. The van der Waals surface area contributed by atoms with Gasteiger partial charge in [0, 0.05) is 6.54 Å². The van der Waals surface area contributed by atoms with Crippen LogP contribution in [-0.4, -0.2) is 23.2 Å². The van der Waals surface area contributed by atoms with E-state index >= 15 is 0 Å². The SMILES string of the molecule is Brc1ccc(-c2noc(C3CCNC3)n2)s1. The maximum atomic E-state index is 5.30. The van der Waals surface area contributed by atoms with Crippen LogP contribution in [0.3, 0.4) is 0 Å². The monoisotopic (exact) mass is 299 g/mol. The summed E-state index contributed by atoms with van der Waals surface area (Å²) in [6, 6.07) is 3.99. The van der Waals surface area contributed by atoms with Crippen LogP contribution in [0, 0.1) is 0 Å². The van der Waals surface area contributed by atoms with Gasteiger partial charge >= 0.3 is 0 Å². The molecule has 0 aromatic carbocycles. The third kappa shape index (κ3) is 1.92. The molecule has 1 aliphatic heterocycles. The van der Waals surface area contributed by atoms with Gasteiger partial charge in [-0.2, -0.15) is 4.98 Å². The summed E-state index contributed by atoms with van der Waals surface area (Å²) in [5.74, 6) is 1.83. The molecule has 0 amide bonds. The fraction of sp³-hybridized carbons (Fsp3) is 0.400. The van der Waals surface area contributed by atoms with Gasteiger partial charge in [0.1, 0.15) is 0 Å². The Labute approximate surface area is 105 Å². The number of rotatable bonds is 2. The van der Waals surface area contributed by atoms with Crippen molar-refractivity contribution in [3.8, 4) is 10.7 Å². The average molecular weight is 300 g/mol. The molecule has 0 saturated carbocycles. The molecule has 2 aromatic heterocycles. The molecule has 0 bridgehead atoms. The minimum Gasteiger partial charge on any atom is -0.339 e. The summed E-state index contributed by atoms with van der Waals surface area (Å²) in [7, 11) is 0. The number of aromatic nitrogens is 2. The Kier molecular flexibility index (Phi) is 2.79. The Morgan fingerprint density at radius 2 is 2.44 bits per heavy atom. The Morgan fingerprint density at radius 1 is 1.50 bits per heavy atom. The van der Waals surface area contributed by atoms with Gasteiger partial charge in [0.15, 0.2) is 0 Å². The van der Waals surface area contributed by atoms with Crippen LogP contribution in [0.25, 0.3) is 10.7 Å². The Balaban J connectivity index is 1.87. The van der Waals surface area contributed by atoms with Crippen LogP contribution in [-0.2, 0) is 0 Å². The number of nitrogens with one attached hydrogen (secondary N) is 1. The van der Waals surface area contributed by atoms with Gasteiger partial charge in [-0.3, -0.25) is 0 Å². The van der Waals surface area contributed by atoms with E-state index in [1.807, 2.05) is 12.1 Å². The van der Waals surface area contributed by atoms with Crippen LogP contribution in [0.2, 0.25) is 0 Å². The lowest BCUT2D eigenvalue weighted by Gasteiger charge is -1.98. The van der Waals surface area contributed by atoms with Crippen LogP contribution in [0.1, 0.15) is 18.2 Å². The zero-order valence-electron chi connectivity index (χ0n) is 8.44. The summed E-state index contributed by atoms with van der Waals surface area (Å²) in [6.45, 7) is 1.97. The zero-order valence-corrected chi connectivity index (χ0v) is 10.8. The van der Waals surface area contributed by atoms with E-state index in [0.717, 1.165) is 34.1 Å². The first-order valence-corrected chi connectivity index (χ1v) is 6.74. The second kappa shape index (κ2) is 4.27. The van der Waals surface area contributed by atoms with Crippen LogP contribution in [0.5, 0.6) is 0 Å². The molecule has 3 rings (SSSR count). The molecule has 0 aliphatic carbocycles. The third-order valence-electron chi connectivity index (χ3n) is 2.64. The van der Waals surface area contributed by atoms with Gasteiger partial charge in [-0.25, -0.2) is 0 Å². The van der Waals surface area contributed by atoms with Gasteiger partial charge in [-0.05, 0) is 41.0 Å². The minimum absolute atomic E-state index is 0.379. The van der Waals surface area contributed by atoms with E-state index in [1.165, 1.54) is 0 Å². The molecule has 16 heavy (non-hydrogen) atoms. The summed E-state index contributed by atoms with van der Waals surface area (Å²) >= 11 is 5.04. The molecule has 2 aromatic rings. The fourth-order valence-corrected chi connectivity index (χ4v) is 3.11. The van der Waals surface area contributed by atoms with Crippen molar-refractivity contribution >= 4 is 27.3 Å². The molecule has 1 fully saturated rings. The second-order valence-electron chi connectivity index (χ2n) is 3.75. The summed E-state index contributed by atoms with van der Waals surface area (Å²) in [5, 5.41) is 7.31. The summed E-state index contributed by atoms with van der Waals surface area (Å²) in [5.41, 5.74) is 0. The van der Waals surface area contributed by atoms with Crippen molar-refractivity contribution < 1.29 is 4.52 Å². The van der Waals surface area contributed by atoms with Crippen LogP contribution < -0.4 is 5.32 Å². The number of hydrogen-bond donors (Lipinski definition) is 1. The lowest BCUT2D eigenvalue weighted by molar-refractivity contribution is 0.359. The van der Waals surface area contributed by atoms with Gasteiger partial charge < -0.3 is 9.84 Å². The highest BCUT2D eigenvalue weighted by Crippen LogP contribution is 2.30. The lowest BCUT2D eigenvalue weighted by Crippen LogP contribution is -2.08. The van der Waals surface area contributed by atoms with Crippen molar-refractivity contribution in [1.29, 1.82) is 0 Å². The van der Waals surface area contributed by atoms with E-state index < -0.39 is 0 Å². The molecule has 1 atom stereocenters. The predicted octanol–water partition coefficient (Wildman–Crippen LogP) is 2.64. The van der Waals surface area contributed by atoms with E-state index in [-0.39, 0.29) is 0 Å². The Morgan fingerprint density at radius 3 is 3.12 bits per heavy atom. The molecule has 0 radical (unpaired) electrons. The molecular formula is C10H10BrN3OS. The summed E-state index contributed by atoms with van der Waals surface area (Å²) < 4.78 is 6.38. The molecule has 3 heterocycles. The molecule has 0 spiro atoms.